The molecule has 0 aliphatic carbocycles. The van der Waals surface area contributed by atoms with Crippen LogP contribution < -0.4 is 19.7 Å². The molecule has 0 atom stereocenters. The van der Waals surface area contributed by atoms with Crippen molar-refractivity contribution in [2.24, 2.45) is 0 Å². The Labute approximate surface area is 160 Å². The summed E-state index contributed by atoms with van der Waals surface area (Å²) in [6.45, 7) is 0. The van der Waals surface area contributed by atoms with Crippen LogP contribution in [0.3, 0.4) is 0 Å². The van der Waals surface area contributed by atoms with Gasteiger partial charge in [-0.2, -0.15) is 0 Å². The summed E-state index contributed by atoms with van der Waals surface area (Å²) in [5.41, 5.74) is 0.244. The average molecular weight is 386 g/mol. The fourth-order valence-corrected chi connectivity index (χ4v) is 2.88. The Morgan fingerprint density at radius 1 is 1.11 bits per heavy atom. The number of carbonyl (C=O) groups excluding carboxylic acids is 2. The molecule has 1 fully saturated rings. The number of ether oxygens (including phenoxy) is 2. The van der Waals surface area contributed by atoms with Crippen LogP contribution in [0, 0.1) is 5.82 Å². The predicted molar refractivity (Wildman–Crippen MR) is 102 cm³/mol. The summed E-state index contributed by atoms with van der Waals surface area (Å²) in [4.78, 5) is 26.2. The zero-order valence-electron chi connectivity index (χ0n) is 14.5. The number of rotatable bonds is 4. The number of para-hydroxylation sites is 1. The van der Waals surface area contributed by atoms with Crippen LogP contribution in [0.4, 0.5) is 10.1 Å². The van der Waals surface area contributed by atoms with Crippen molar-refractivity contribution in [1.29, 1.82) is 0 Å². The van der Waals surface area contributed by atoms with E-state index in [0.29, 0.717) is 17.1 Å². The summed E-state index contributed by atoms with van der Waals surface area (Å²) in [6, 6.07) is 10.6. The van der Waals surface area contributed by atoms with Crippen LogP contribution in [0.15, 0.2) is 48.0 Å². The van der Waals surface area contributed by atoms with Gasteiger partial charge in [-0.15, -0.1) is 0 Å². The first-order valence-electron chi connectivity index (χ1n) is 7.84. The minimum atomic E-state index is -0.730. The molecule has 0 spiro atoms. The van der Waals surface area contributed by atoms with Gasteiger partial charge in [-0.25, -0.2) is 9.29 Å². The van der Waals surface area contributed by atoms with E-state index in [0.717, 1.165) is 4.90 Å². The third kappa shape index (κ3) is 3.52. The average Bonchev–Trinajstić information content (AvgIpc) is 2.66. The van der Waals surface area contributed by atoms with E-state index in [2.05, 4.69) is 5.32 Å². The van der Waals surface area contributed by atoms with Crippen molar-refractivity contribution in [3.05, 3.63) is 59.4 Å². The van der Waals surface area contributed by atoms with Gasteiger partial charge in [0.2, 0.25) is 0 Å². The van der Waals surface area contributed by atoms with Gasteiger partial charge in [0, 0.05) is 11.6 Å². The van der Waals surface area contributed by atoms with E-state index in [4.69, 9.17) is 21.7 Å². The normalized spacial score (nSPS) is 15.7. The molecule has 0 bridgehead atoms. The molecule has 2 aromatic carbocycles. The lowest BCUT2D eigenvalue weighted by Gasteiger charge is -2.29. The van der Waals surface area contributed by atoms with Crippen LogP contribution in [0.1, 0.15) is 5.56 Å². The molecule has 2 aromatic rings. The van der Waals surface area contributed by atoms with Crippen LogP contribution in [-0.4, -0.2) is 31.1 Å². The van der Waals surface area contributed by atoms with Gasteiger partial charge in [-0.05, 0) is 42.6 Å². The summed E-state index contributed by atoms with van der Waals surface area (Å²) >= 11 is 5.06. The highest BCUT2D eigenvalue weighted by molar-refractivity contribution is 7.80. The summed E-state index contributed by atoms with van der Waals surface area (Å²) < 4.78 is 24.6. The Morgan fingerprint density at radius 3 is 2.52 bits per heavy atom. The summed E-state index contributed by atoms with van der Waals surface area (Å²) in [7, 11) is 2.97. The molecule has 27 heavy (non-hydrogen) atoms. The standard InChI is InChI=1S/C19H15FN2O4S/c1-25-12-8-7-11(16(10-12)26-2)9-13-17(23)21-19(27)22(18(13)24)15-6-4-3-5-14(15)20/h3-10H,1-2H3,(H,21,23,27)/b13-9+. The number of methoxy groups -OCH3 is 2. The van der Waals surface area contributed by atoms with E-state index in [1.165, 1.54) is 38.5 Å². The molecule has 6 nitrogen and oxygen atoms in total. The predicted octanol–water partition coefficient (Wildman–Crippen LogP) is 2.67. The topological polar surface area (TPSA) is 67.9 Å². The largest absolute Gasteiger partial charge is 0.497 e. The van der Waals surface area contributed by atoms with E-state index >= 15 is 0 Å². The monoisotopic (exact) mass is 386 g/mol. The van der Waals surface area contributed by atoms with Gasteiger partial charge < -0.3 is 9.47 Å². The Kier molecular flexibility index (Phi) is 5.18. The van der Waals surface area contributed by atoms with Gasteiger partial charge in [0.1, 0.15) is 22.9 Å². The van der Waals surface area contributed by atoms with Crippen molar-refractivity contribution < 1.29 is 23.5 Å². The lowest BCUT2D eigenvalue weighted by Crippen LogP contribution is -2.54. The number of anilines is 1. The van der Waals surface area contributed by atoms with Crippen LogP contribution in [0.5, 0.6) is 11.5 Å². The van der Waals surface area contributed by atoms with Crippen molar-refractivity contribution in [3.63, 3.8) is 0 Å². The minimum absolute atomic E-state index is 0.0416. The SMILES string of the molecule is COc1ccc(/C=C2\C(=O)NC(=S)N(c3ccccc3F)C2=O)c(OC)c1. The summed E-state index contributed by atoms with van der Waals surface area (Å²) in [6.07, 6.45) is 1.37. The van der Waals surface area contributed by atoms with E-state index in [1.807, 2.05) is 0 Å². The Hall–Kier alpha value is -3.26. The van der Waals surface area contributed by atoms with Gasteiger partial charge in [0.25, 0.3) is 11.8 Å². The number of benzene rings is 2. The zero-order valence-corrected chi connectivity index (χ0v) is 15.3. The van der Waals surface area contributed by atoms with E-state index in [-0.39, 0.29) is 16.4 Å². The Balaban J connectivity index is 2.06. The second kappa shape index (κ2) is 7.55. The first-order chi connectivity index (χ1) is 13.0. The van der Waals surface area contributed by atoms with E-state index in [1.54, 1.807) is 24.3 Å². The van der Waals surface area contributed by atoms with Gasteiger partial charge in [-0.3, -0.25) is 14.9 Å². The molecule has 0 aromatic heterocycles. The molecule has 138 valence electrons. The van der Waals surface area contributed by atoms with Gasteiger partial charge >= 0.3 is 0 Å². The quantitative estimate of drug-likeness (QED) is 0.497. The maximum atomic E-state index is 14.2. The summed E-state index contributed by atoms with van der Waals surface area (Å²) in [5, 5.41) is 2.23. The second-order valence-electron chi connectivity index (χ2n) is 5.52. The van der Waals surface area contributed by atoms with Crippen LogP contribution in [0.2, 0.25) is 0 Å². The second-order valence-corrected chi connectivity index (χ2v) is 5.90. The highest BCUT2D eigenvalue weighted by Gasteiger charge is 2.35. The molecule has 1 heterocycles. The molecule has 8 heteroatoms. The maximum Gasteiger partial charge on any atom is 0.270 e. The molecule has 1 aliphatic rings. The molecule has 0 radical (unpaired) electrons. The minimum Gasteiger partial charge on any atom is -0.497 e. The smallest absolute Gasteiger partial charge is 0.270 e. The van der Waals surface area contributed by atoms with Gasteiger partial charge in [0.05, 0.1) is 19.9 Å². The number of thiocarbonyl (C=S) groups is 1. The highest BCUT2D eigenvalue weighted by Crippen LogP contribution is 2.29. The number of carbonyl (C=O) groups is 2. The number of nitrogens with one attached hydrogen (secondary N) is 1. The van der Waals surface area contributed by atoms with Crippen molar-refractivity contribution in [2.75, 3.05) is 19.1 Å². The fourth-order valence-electron chi connectivity index (χ4n) is 2.60. The van der Waals surface area contributed by atoms with Crippen molar-refractivity contribution in [3.8, 4) is 11.5 Å². The third-order valence-electron chi connectivity index (χ3n) is 3.94. The van der Waals surface area contributed by atoms with E-state index in [9.17, 15) is 14.0 Å². The molecule has 0 unspecified atom stereocenters. The molecular formula is C19H15FN2O4S. The van der Waals surface area contributed by atoms with Gasteiger partial charge in [-0.1, -0.05) is 12.1 Å². The molecular weight excluding hydrogens is 371 g/mol. The maximum absolute atomic E-state index is 14.2. The van der Waals surface area contributed by atoms with Crippen LogP contribution in [-0.2, 0) is 9.59 Å². The molecule has 2 amide bonds. The van der Waals surface area contributed by atoms with Crippen LogP contribution in [0.25, 0.3) is 6.08 Å². The van der Waals surface area contributed by atoms with Crippen molar-refractivity contribution >= 4 is 40.9 Å². The summed E-state index contributed by atoms with van der Waals surface area (Å²) in [5.74, 6) is -1.07. The van der Waals surface area contributed by atoms with Gasteiger partial charge in [0.15, 0.2) is 5.11 Å². The third-order valence-corrected chi connectivity index (χ3v) is 4.22. The fraction of sp³-hybridized carbons (Fsp3) is 0.105. The number of amides is 2. The van der Waals surface area contributed by atoms with Crippen molar-refractivity contribution in [2.45, 2.75) is 0 Å². The zero-order chi connectivity index (χ0) is 19.6. The molecule has 1 N–H and O–H groups in total. The molecule has 0 saturated carbocycles. The number of halogens is 1. The van der Waals surface area contributed by atoms with Crippen molar-refractivity contribution in [1.82, 2.24) is 5.32 Å². The van der Waals surface area contributed by atoms with E-state index < -0.39 is 17.6 Å². The highest BCUT2D eigenvalue weighted by atomic mass is 32.1. The Bertz CT molecular complexity index is 974. The van der Waals surface area contributed by atoms with Crippen LogP contribution >= 0.6 is 12.2 Å². The number of hydrogen-bond acceptors (Lipinski definition) is 5. The first-order valence-corrected chi connectivity index (χ1v) is 8.25. The lowest BCUT2D eigenvalue weighted by molar-refractivity contribution is -0.122. The lowest BCUT2D eigenvalue weighted by atomic mass is 10.1. The Morgan fingerprint density at radius 2 is 1.85 bits per heavy atom. The number of nitrogens with zero attached hydrogens (tertiary/aromatic N) is 1. The number of hydrogen-bond donors (Lipinski definition) is 1. The molecule has 3 rings (SSSR count). The molecule has 1 saturated heterocycles. The molecule has 1 aliphatic heterocycles. The first kappa shape index (κ1) is 18.5.